The molecular weight excluding hydrogens is 286 g/mol. The molecule has 0 fully saturated rings. The predicted molar refractivity (Wildman–Crippen MR) is 84.4 cm³/mol. The molecule has 0 aliphatic carbocycles. The van der Waals surface area contributed by atoms with Crippen molar-refractivity contribution in [2.24, 2.45) is 0 Å². The zero-order chi connectivity index (χ0) is 16.0. The van der Waals surface area contributed by atoms with Crippen molar-refractivity contribution in [1.29, 1.82) is 0 Å². The number of nitro benzene ring substituents is 1. The van der Waals surface area contributed by atoms with Gasteiger partial charge in [0.05, 0.1) is 24.7 Å². The second-order valence-corrected chi connectivity index (χ2v) is 4.88. The summed E-state index contributed by atoms with van der Waals surface area (Å²) in [4.78, 5) is 10.1. The molecule has 0 aromatic heterocycles. The van der Waals surface area contributed by atoms with Crippen LogP contribution in [0.3, 0.4) is 0 Å². The number of hydrogen-bond donors (Lipinski definition) is 0. The van der Waals surface area contributed by atoms with Crippen molar-refractivity contribution in [2.45, 2.75) is 32.6 Å². The van der Waals surface area contributed by atoms with E-state index in [-0.39, 0.29) is 5.69 Å². The van der Waals surface area contributed by atoms with Crippen LogP contribution in [0.2, 0.25) is 0 Å². The first-order chi connectivity index (χ1) is 10.7. The summed E-state index contributed by atoms with van der Waals surface area (Å²) in [6, 6.07) is 6.00. The minimum Gasteiger partial charge on any atom is -0.491 e. The Labute approximate surface area is 131 Å². The number of unbranched alkanes of at least 4 members (excludes halogenated alkanes) is 3. The number of nitrogens with zero attached hydrogens (tertiary/aromatic N) is 1. The van der Waals surface area contributed by atoms with E-state index in [1.54, 1.807) is 12.1 Å². The van der Waals surface area contributed by atoms with E-state index >= 15 is 0 Å². The minimum atomic E-state index is -0.435. The van der Waals surface area contributed by atoms with E-state index in [1.807, 2.05) is 0 Å². The van der Waals surface area contributed by atoms with Crippen molar-refractivity contribution in [1.82, 2.24) is 0 Å². The summed E-state index contributed by atoms with van der Waals surface area (Å²) in [5.74, 6) is 0.598. The van der Waals surface area contributed by atoms with Gasteiger partial charge in [0.1, 0.15) is 12.4 Å². The lowest BCUT2D eigenvalue weighted by Crippen LogP contribution is -2.11. The number of hydrogen-bond acceptors (Lipinski definition) is 5. The normalized spacial score (nSPS) is 10.6. The summed E-state index contributed by atoms with van der Waals surface area (Å²) in [6.45, 7) is 5.02. The van der Waals surface area contributed by atoms with E-state index in [4.69, 9.17) is 14.2 Å². The summed E-state index contributed by atoms with van der Waals surface area (Å²) in [5.41, 5.74) is 0.0553. The second-order valence-electron chi connectivity index (χ2n) is 4.88. The monoisotopic (exact) mass is 311 g/mol. The highest BCUT2D eigenvalue weighted by molar-refractivity contribution is 5.35. The van der Waals surface area contributed by atoms with Crippen LogP contribution in [0.15, 0.2) is 24.3 Å². The maximum atomic E-state index is 10.5. The van der Waals surface area contributed by atoms with E-state index in [1.165, 1.54) is 31.4 Å². The fourth-order valence-electron chi connectivity index (χ4n) is 1.84. The molecule has 6 nitrogen and oxygen atoms in total. The maximum absolute atomic E-state index is 10.5. The highest BCUT2D eigenvalue weighted by Crippen LogP contribution is 2.16. The Kier molecular flexibility index (Phi) is 9.98. The number of ether oxygens (including phenoxy) is 3. The van der Waals surface area contributed by atoms with Gasteiger partial charge < -0.3 is 14.2 Å². The van der Waals surface area contributed by atoms with Crippen LogP contribution in [0.4, 0.5) is 5.69 Å². The second kappa shape index (κ2) is 11.9. The Morgan fingerprint density at radius 3 is 2.18 bits per heavy atom. The molecule has 0 heterocycles. The molecule has 0 saturated heterocycles. The van der Waals surface area contributed by atoms with Gasteiger partial charge in [-0.1, -0.05) is 26.2 Å². The van der Waals surface area contributed by atoms with Gasteiger partial charge in [-0.25, -0.2) is 0 Å². The predicted octanol–water partition coefficient (Wildman–Crippen LogP) is 3.59. The van der Waals surface area contributed by atoms with Crippen LogP contribution in [-0.2, 0) is 9.47 Å². The standard InChI is InChI=1S/C16H25NO5/c1-2-3-4-5-10-20-11-12-21-13-14-22-16-8-6-15(7-9-16)17(18)19/h6-9H,2-5,10-14H2,1H3. The number of non-ortho nitro benzene ring substituents is 1. The highest BCUT2D eigenvalue weighted by Gasteiger charge is 2.03. The van der Waals surface area contributed by atoms with Crippen LogP contribution in [-0.4, -0.2) is 38.0 Å². The molecule has 0 amide bonds. The molecule has 124 valence electrons. The molecule has 1 aromatic rings. The van der Waals surface area contributed by atoms with Crippen molar-refractivity contribution in [3.05, 3.63) is 34.4 Å². The smallest absolute Gasteiger partial charge is 0.269 e. The lowest BCUT2D eigenvalue weighted by atomic mass is 10.2. The number of rotatable bonds is 13. The molecule has 1 rings (SSSR count). The van der Waals surface area contributed by atoms with Gasteiger partial charge in [-0.15, -0.1) is 0 Å². The molecule has 0 aliphatic rings. The fraction of sp³-hybridized carbons (Fsp3) is 0.625. The summed E-state index contributed by atoms with van der Waals surface area (Å²) >= 11 is 0. The third-order valence-corrected chi connectivity index (χ3v) is 3.06. The van der Waals surface area contributed by atoms with Gasteiger partial charge in [-0.05, 0) is 18.6 Å². The zero-order valence-corrected chi connectivity index (χ0v) is 13.2. The van der Waals surface area contributed by atoms with Crippen molar-refractivity contribution < 1.29 is 19.1 Å². The molecule has 1 aromatic carbocycles. The van der Waals surface area contributed by atoms with Crippen LogP contribution < -0.4 is 4.74 Å². The number of benzene rings is 1. The largest absolute Gasteiger partial charge is 0.491 e. The van der Waals surface area contributed by atoms with Gasteiger partial charge in [-0.2, -0.15) is 0 Å². The lowest BCUT2D eigenvalue weighted by molar-refractivity contribution is -0.384. The first kappa shape index (κ1) is 18.4. The van der Waals surface area contributed by atoms with E-state index < -0.39 is 4.92 Å². The average Bonchev–Trinajstić information content (AvgIpc) is 2.53. The Balaban J connectivity index is 1.94. The highest BCUT2D eigenvalue weighted by atomic mass is 16.6. The van der Waals surface area contributed by atoms with Crippen molar-refractivity contribution in [3.63, 3.8) is 0 Å². The Morgan fingerprint density at radius 1 is 0.909 bits per heavy atom. The van der Waals surface area contributed by atoms with E-state index in [0.717, 1.165) is 13.0 Å². The fourth-order valence-corrected chi connectivity index (χ4v) is 1.84. The molecule has 22 heavy (non-hydrogen) atoms. The summed E-state index contributed by atoms with van der Waals surface area (Å²) in [7, 11) is 0. The molecule has 0 bridgehead atoms. The molecule has 0 N–H and O–H groups in total. The maximum Gasteiger partial charge on any atom is 0.269 e. The Bertz CT molecular complexity index is 408. The van der Waals surface area contributed by atoms with E-state index in [9.17, 15) is 10.1 Å². The van der Waals surface area contributed by atoms with Gasteiger partial charge in [0.15, 0.2) is 0 Å². The van der Waals surface area contributed by atoms with Gasteiger partial charge >= 0.3 is 0 Å². The van der Waals surface area contributed by atoms with Crippen LogP contribution in [0.25, 0.3) is 0 Å². The van der Waals surface area contributed by atoms with Gasteiger partial charge in [0.2, 0.25) is 0 Å². The van der Waals surface area contributed by atoms with Crippen molar-refractivity contribution >= 4 is 5.69 Å². The molecule has 0 atom stereocenters. The quantitative estimate of drug-likeness (QED) is 0.316. The molecular formula is C16H25NO5. The first-order valence-electron chi connectivity index (χ1n) is 7.76. The summed E-state index contributed by atoms with van der Waals surface area (Å²) in [6.07, 6.45) is 4.83. The SMILES string of the molecule is CCCCCCOCCOCCOc1ccc([N+](=O)[O-])cc1. The minimum absolute atomic E-state index is 0.0553. The summed E-state index contributed by atoms with van der Waals surface area (Å²) < 4.78 is 16.3. The zero-order valence-electron chi connectivity index (χ0n) is 13.2. The van der Waals surface area contributed by atoms with Crippen LogP contribution >= 0.6 is 0 Å². The Hall–Kier alpha value is -1.66. The summed E-state index contributed by atoms with van der Waals surface area (Å²) in [5, 5.41) is 10.5. The topological polar surface area (TPSA) is 70.8 Å². The third kappa shape index (κ3) is 8.59. The first-order valence-corrected chi connectivity index (χ1v) is 7.76. The van der Waals surface area contributed by atoms with Gasteiger partial charge in [-0.3, -0.25) is 10.1 Å². The van der Waals surface area contributed by atoms with Gasteiger partial charge in [0, 0.05) is 18.7 Å². The molecule has 0 saturated carbocycles. The molecule has 6 heteroatoms. The van der Waals surface area contributed by atoms with Crippen LogP contribution in [0.5, 0.6) is 5.75 Å². The molecule has 0 unspecified atom stereocenters. The van der Waals surface area contributed by atoms with Crippen LogP contribution in [0.1, 0.15) is 32.6 Å². The lowest BCUT2D eigenvalue weighted by Gasteiger charge is -2.07. The van der Waals surface area contributed by atoms with E-state index in [2.05, 4.69) is 6.92 Å². The molecule has 0 aliphatic heterocycles. The number of nitro groups is 1. The average molecular weight is 311 g/mol. The van der Waals surface area contributed by atoms with Crippen LogP contribution in [0, 0.1) is 10.1 Å². The Morgan fingerprint density at radius 2 is 1.55 bits per heavy atom. The van der Waals surface area contributed by atoms with Gasteiger partial charge in [0.25, 0.3) is 5.69 Å². The molecule has 0 radical (unpaired) electrons. The van der Waals surface area contributed by atoms with Crippen molar-refractivity contribution in [2.75, 3.05) is 33.0 Å². The van der Waals surface area contributed by atoms with Crippen molar-refractivity contribution in [3.8, 4) is 5.75 Å². The molecule has 0 spiro atoms. The van der Waals surface area contributed by atoms with E-state index in [0.29, 0.717) is 32.2 Å². The third-order valence-electron chi connectivity index (χ3n) is 3.06.